The first-order valence-corrected chi connectivity index (χ1v) is 6.14. The highest BCUT2D eigenvalue weighted by atomic mass is 35.5. The summed E-state index contributed by atoms with van der Waals surface area (Å²) in [5.41, 5.74) is 1.62. The fraction of sp³-hybridized carbons (Fsp3) is 0.833. The summed E-state index contributed by atoms with van der Waals surface area (Å²) < 4.78 is 0. The average molecular weight is 201 g/mol. The van der Waals surface area contributed by atoms with Crippen molar-refractivity contribution in [2.75, 3.05) is 5.88 Å². The number of alkyl halides is 1. The molecule has 1 saturated carbocycles. The molecule has 76 valence electrons. The molecule has 13 heavy (non-hydrogen) atoms. The van der Waals surface area contributed by atoms with Gasteiger partial charge in [0.15, 0.2) is 0 Å². The first-order valence-electron chi connectivity index (χ1n) is 5.60. The van der Waals surface area contributed by atoms with Gasteiger partial charge in [0.1, 0.15) is 0 Å². The quantitative estimate of drug-likeness (QED) is 0.437. The summed E-state index contributed by atoms with van der Waals surface area (Å²) in [6, 6.07) is 0. The SMILES string of the molecule is CCC(=CCC1CCC1)CCCCl. The highest BCUT2D eigenvalue weighted by Gasteiger charge is 2.15. The Labute approximate surface area is 87.4 Å². The molecule has 1 heteroatoms. The fourth-order valence-corrected chi connectivity index (χ4v) is 1.91. The molecule has 0 N–H and O–H groups in total. The zero-order valence-corrected chi connectivity index (χ0v) is 9.45. The lowest BCUT2D eigenvalue weighted by molar-refractivity contribution is 0.319. The van der Waals surface area contributed by atoms with E-state index in [2.05, 4.69) is 13.0 Å². The van der Waals surface area contributed by atoms with Crippen LogP contribution >= 0.6 is 11.6 Å². The van der Waals surface area contributed by atoms with E-state index < -0.39 is 0 Å². The Balaban J connectivity index is 2.17. The van der Waals surface area contributed by atoms with E-state index >= 15 is 0 Å². The van der Waals surface area contributed by atoms with Crippen LogP contribution in [0.4, 0.5) is 0 Å². The summed E-state index contributed by atoms with van der Waals surface area (Å²) >= 11 is 5.68. The second kappa shape index (κ2) is 6.48. The van der Waals surface area contributed by atoms with Gasteiger partial charge in [-0.15, -0.1) is 11.6 Å². The van der Waals surface area contributed by atoms with Crippen LogP contribution in [0.3, 0.4) is 0 Å². The van der Waals surface area contributed by atoms with Crippen LogP contribution in [0.15, 0.2) is 11.6 Å². The summed E-state index contributed by atoms with van der Waals surface area (Å²) in [6.45, 7) is 2.25. The van der Waals surface area contributed by atoms with E-state index in [9.17, 15) is 0 Å². The lowest BCUT2D eigenvalue weighted by Gasteiger charge is -2.24. The zero-order chi connectivity index (χ0) is 9.52. The molecule has 0 aromatic rings. The van der Waals surface area contributed by atoms with Gasteiger partial charge in [-0.1, -0.05) is 37.8 Å². The van der Waals surface area contributed by atoms with Crippen molar-refractivity contribution in [3.63, 3.8) is 0 Å². The van der Waals surface area contributed by atoms with Crippen molar-refractivity contribution >= 4 is 11.6 Å². The molecule has 0 aliphatic heterocycles. The van der Waals surface area contributed by atoms with Crippen LogP contribution in [0.2, 0.25) is 0 Å². The van der Waals surface area contributed by atoms with Crippen molar-refractivity contribution in [1.82, 2.24) is 0 Å². The minimum Gasteiger partial charge on any atom is -0.127 e. The maximum Gasteiger partial charge on any atom is 0.0226 e. The molecule has 0 saturated heterocycles. The molecule has 0 bridgehead atoms. The molecule has 1 aliphatic carbocycles. The van der Waals surface area contributed by atoms with Crippen LogP contribution in [0.25, 0.3) is 0 Å². The van der Waals surface area contributed by atoms with E-state index in [-0.39, 0.29) is 0 Å². The second-order valence-corrected chi connectivity index (χ2v) is 4.42. The molecule has 1 rings (SSSR count). The molecular weight excluding hydrogens is 180 g/mol. The van der Waals surface area contributed by atoms with E-state index in [4.69, 9.17) is 11.6 Å². The van der Waals surface area contributed by atoms with Crippen LogP contribution in [0, 0.1) is 5.92 Å². The van der Waals surface area contributed by atoms with Gasteiger partial charge in [0.05, 0.1) is 0 Å². The topological polar surface area (TPSA) is 0 Å². The molecule has 0 spiro atoms. The molecule has 0 unspecified atom stereocenters. The van der Waals surface area contributed by atoms with Crippen molar-refractivity contribution in [1.29, 1.82) is 0 Å². The molecule has 0 radical (unpaired) electrons. The third kappa shape index (κ3) is 4.17. The number of hydrogen-bond donors (Lipinski definition) is 0. The summed E-state index contributed by atoms with van der Waals surface area (Å²) in [5, 5.41) is 0. The summed E-state index contributed by atoms with van der Waals surface area (Å²) in [5.74, 6) is 1.82. The normalized spacial score (nSPS) is 18.8. The minimum atomic E-state index is 0.806. The Hall–Kier alpha value is 0.0300. The summed E-state index contributed by atoms with van der Waals surface area (Å²) in [6.07, 6.45) is 11.7. The highest BCUT2D eigenvalue weighted by Crippen LogP contribution is 2.30. The molecule has 0 aromatic heterocycles. The molecule has 0 aromatic carbocycles. The number of rotatable bonds is 6. The zero-order valence-electron chi connectivity index (χ0n) is 8.69. The number of allylic oxidation sites excluding steroid dienone is 2. The number of hydrogen-bond acceptors (Lipinski definition) is 0. The second-order valence-electron chi connectivity index (χ2n) is 4.04. The lowest BCUT2D eigenvalue weighted by Crippen LogP contribution is -2.09. The van der Waals surface area contributed by atoms with Crippen LogP contribution < -0.4 is 0 Å². The minimum absolute atomic E-state index is 0.806. The maximum absolute atomic E-state index is 5.68. The van der Waals surface area contributed by atoms with Gasteiger partial charge < -0.3 is 0 Å². The lowest BCUT2D eigenvalue weighted by atomic mass is 9.82. The smallest absolute Gasteiger partial charge is 0.0226 e. The third-order valence-corrected chi connectivity index (χ3v) is 3.32. The van der Waals surface area contributed by atoms with Crippen molar-refractivity contribution in [2.45, 2.75) is 51.9 Å². The van der Waals surface area contributed by atoms with Crippen molar-refractivity contribution in [3.8, 4) is 0 Å². The van der Waals surface area contributed by atoms with Gasteiger partial charge in [-0.3, -0.25) is 0 Å². The van der Waals surface area contributed by atoms with Crippen molar-refractivity contribution < 1.29 is 0 Å². The van der Waals surface area contributed by atoms with Gasteiger partial charge >= 0.3 is 0 Å². The first kappa shape index (κ1) is 11.1. The molecule has 0 atom stereocenters. The van der Waals surface area contributed by atoms with Crippen LogP contribution in [-0.4, -0.2) is 5.88 Å². The first-order chi connectivity index (χ1) is 6.36. The standard InChI is InChI=1S/C12H21Cl/c1-2-11(7-4-10-13)8-9-12-5-3-6-12/h8,12H,2-7,9-10H2,1H3. The summed E-state index contributed by atoms with van der Waals surface area (Å²) in [7, 11) is 0. The van der Waals surface area contributed by atoms with Crippen LogP contribution in [-0.2, 0) is 0 Å². The molecule has 0 nitrogen and oxygen atoms in total. The molecule has 1 fully saturated rings. The predicted molar refractivity (Wildman–Crippen MR) is 60.3 cm³/mol. The molecule has 0 amide bonds. The summed E-state index contributed by atoms with van der Waals surface area (Å²) in [4.78, 5) is 0. The Kier molecular flexibility index (Phi) is 5.54. The van der Waals surface area contributed by atoms with Gasteiger partial charge in [0, 0.05) is 5.88 Å². The Bertz CT molecular complexity index is 157. The Morgan fingerprint density at radius 1 is 1.46 bits per heavy atom. The van der Waals surface area contributed by atoms with Gasteiger partial charge in [0.2, 0.25) is 0 Å². The van der Waals surface area contributed by atoms with E-state index in [0.29, 0.717) is 0 Å². The maximum atomic E-state index is 5.68. The molecular formula is C12H21Cl. The van der Waals surface area contributed by atoms with E-state index in [1.54, 1.807) is 5.57 Å². The van der Waals surface area contributed by atoms with Gasteiger partial charge in [-0.2, -0.15) is 0 Å². The van der Waals surface area contributed by atoms with Gasteiger partial charge in [-0.05, 0) is 31.6 Å². The Morgan fingerprint density at radius 3 is 2.69 bits per heavy atom. The third-order valence-electron chi connectivity index (χ3n) is 3.05. The van der Waals surface area contributed by atoms with E-state index in [1.807, 2.05) is 0 Å². The van der Waals surface area contributed by atoms with Crippen LogP contribution in [0.1, 0.15) is 51.9 Å². The Morgan fingerprint density at radius 2 is 2.23 bits per heavy atom. The van der Waals surface area contributed by atoms with Crippen molar-refractivity contribution in [3.05, 3.63) is 11.6 Å². The van der Waals surface area contributed by atoms with Crippen molar-refractivity contribution in [2.24, 2.45) is 5.92 Å². The molecule has 1 aliphatic rings. The highest BCUT2D eigenvalue weighted by molar-refractivity contribution is 6.17. The molecule has 0 heterocycles. The number of halogens is 1. The van der Waals surface area contributed by atoms with E-state index in [1.165, 1.54) is 38.5 Å². The van der Waals surface area contributed by atoms with Gasteiger partial charge in [0.25, 0.3) is 0 Å². The van der Waals surface area contributed by atoms with Gasteiger partial charge in [-0.25, -0.2) is 0 Å². The monoisotopic (exact) mass is 200 g/mol. The van der Waals surface area contributed by atoms with Crippen LogP contribution in [0.5, 0.6) is 0 Å². The fourth-order valence-electron chi connectivity index (χ4n) is 1.78. The van der Waals surface area contributed by atoms with E-state index in [0.717, 1.165) is 18.2 Å². The largest absolute Gasteiger partial charge is 0.127 e. The predicted octanol–water partition coefficient (Wildman–Crippen LogP) is 4.53. The average Bonchev–Trinajstić information content (AvgIpc) is 2.08.